The van der Waals surface area contributed by atoms with Gasteiger partial charge in [-0.2, -0.15) is 0 Å². The fourth-order valence-electron chi connectivity index (χ4n) is 3.06. The monoisotopic (exact) mass is 300 g/mol. The molecule has 1 aromatic carbocycles. The molecule has 7 heteroatoms. The molecule has 2 N–H and O–H groups in total. The van der Waals surface area contributed by atoms with E-state index in [-0.39, 0.29) is 23.9 Å². The van der Waals surface area contributed by atoms with Crippen LogP contribution in [0.5, 0.6) is 0 Å². The van der Waals surface area contributed by atoms with Crippen molar-refractivity contribution in [3.8, 4) is 0 Å². The summed E-state index contributed by atoms with van der Waals surface area (Å²) in [6.45, 7) is 0. The largest absolute Gasteiger partial charge is 0.351 e. The van der Waals surface area contributed by atoms with E-state index in [1.165, 1.54) is 0 Å². The van der Waals surface area contributed by atoms with Gasteiger partial charge >= 0.3 is 0 Å². The minimum atomic E-state index is -0.156. The van der Waals surface area contributed by atoms with Gasteiger partial charge in [0, 0.05) is 12.0 Å². The Morgan fingerprint density at radius 2 is 2.05 bits per heavy atom. The number of nitrogens with one attached hydrogen (secondary N) is 2. The molecule has 2 atom stereocenters. The molecule has 1 aromatic heterocycles. The molecule has 22 heavy (non-hydrogen) atoms. The highest BCUT2D eigenvalue weighted by Gasteiger charge is 2.40. The van der Waals surface area contributed by atoms with Crippen LogP contribution < -0.4 is 10.6 Å². The first-order valence-electron chi connectivity index (χ1n) is 7.53. The number of benzene rings is 1. The number of carbonyl (C=O) groups excluding carboxylic acids is 2. The summed E-state index contributed by atoms with van der Waals surface area (Å²) in [5.74, 6) is 0.422. The van der Waals surface area contributed by atoms with E-state index in [2.05, 4.69) is 25.6 Å². The summed E-state index contributed by atoms with van der Waals surface area (Å²) in [6.07, 6.45) is 3.38. The lowest BCUT2D eigenvalue weighted by molar-refractivity contribution is -0.124. The second-order valence-corrected chi connectivity index (χ2v) is 6.02. The van der Waals surface area contributed by atoms with Crippen LogP contribution in [0, 0.1) is 5.92 Å². The van der Waals surface area contributed by atoms with E-state index in [1.807, 2.05) is 0 Å². The molecule has 2 fully saturated rings. The van der Waals surface area contributed by atoms with Crippen molar-refractivity contribution in [1.82, 2.24) is 20.9 Å². The molecule has 1 saturated carbocycles. The Morgan fingerprint density at radius 3 is 2.86 bits per heavy atom. The molecule has 4 rings (SSSR count). The molecule has 114 valence electrons. The van der Waals surface area contributed by atoms with Gasteiger partial charge in [0.1, 0.15) is 11.0 Å². The van der Waals surface area contributed by atoms with Crippen molar-refractivity contribution in [1.29, 1.82) is 0 Å². The number of hydrogen-bond donors (Lipinski definition) is 2. The molecule has 2 heterocycles. The zero-order valence-corrected chi connectivity index (χ0v) is 11.9. The van der Waals surface area contributed by atoms with E-state index in [4.69, 9.17) is 0 Å². The highest BCUT2D eigenvalue weighted by atomic mass is 16.6. The van der Waals surface area contributed by atoms with Crippen LogP contribution in [0.25, 0.3) is 11.0 Å². The predicted molar refractivity (Wildman–Crippen MR) is 76.9 cm³/mol. The Kier molecular flexibility index (Phi) is 3.06. The maximum Gasteiger partial charge on any atom is 0.251 e. The molecular weight excluding hydrogens is 284 g/mol. The number of amides is 2. The molecule has 0 bridgehead atoms. The van der Waals surface area contributed by atoms with E-state index < -0.39 is 0 Å². The first kappa shape index (κ1) is 13.2. The predicted octanol–water partition coefficient (Wildman–Crippen LogP) is 1.01. The Morgan fingerprint density at radius 1 is 1.23 bits per heavy atom. The minimum Gasteiger partial charge on any atom is -0.351 e. The summed E-state index contributed by atoms with van der Waals surface area (Å²) in [7, 11) is 0. The van der Waals surface area contributed by atoms with Crippen molar-refractivity contribution in [2.45, 2.75) is 37.8 Å². The van der Waals surface area contributed by atoms with Gasteiger partial charge in [-0.1, -0.05) is 0 Å². The van der Waals surface area contributed by atoms with Crippen molar-refractivity contribution in [2.75, 3.05) is 0 Å². The van der Waals surface area contributed by atoms with E-state index in [1.54, 1.807) is 18.2 Å². The third-order valence-electron chi connectivity index (χ3n) is 4.41. The first-order valence-corrected chi connectivity index (χ1v) is 7.53. The lowest BCUT2D eigenvalue weighted by atomic mass is 9.94. The fraction of sp³-hybridized carbons (Fsp3) is 0.467. The summed E-state index contributed by atoms with van der Waals surface area (Å²) in [6, 6.07) is 5.12. The molecule has 0 unspecified atom stereocenters. The topological polar surface area (TPSA) is 97.1 Å². The highest BCUT2D eigenvalue weighted by Crippen LogP contribution is 2.36. The summed E-state index contributed by atoms with van der Waals surface area (Å²) in [5, 5.41) is 13.5. The number of rotatable bonds is 3. The Balaban J connectivity index is 1.51. The summed E-state index contributed by atoms with van der Waals surface area (Å²) in [4.78, 5) is 24.0. The van der Waals surface area contributed by atoms with Crippen LogP contribution in [-0.2, 0) is 4.79 Å². The third-order valence-corrected chi connectivity index (χ3v) is 4.41. The van der Waals surface area contributed by atoms with Crippen molar-refractivity contribution >= 4 is 22.8 Å². The number of piperidine rings is 1. The van der Waals surface area contributed by atoms with Gasteiger partial charge in [0.15, 0.2) is 0 Å². The van der Waals surface area contributed by atoms with Gasteiger partial charge in [0.05, 0.1) is 12.1 Å². The lowest BCUT2D eigenvalue weighted by Crippen LogP contribution is -2.56. The van der Waals surface area contributed by atoms with Gasteiger partial charge in [0.25, 0.3) is 5.91 Å². The number of fused-ring (bicyclic) bond motifs is 1. The van der Waals surface area contributed by atoms with Crippen LogP contribution in [0.1, 0.15) is 36.0 Å². The molecule has 0 spiro atoms. The first-order chi connectivity index (χ1) is 10.7. The smallest absolute Gasteiger partial charge is 0.251 e. The molecule has 1 aliphatic heterocycles. The second kappa shape index (κ2) is 5.08. The normalized spacial score (nSPS) is 25.0. The molecule has 0 radical (unpaired) electrons. The van der Waals surface area contributed by atoms with Crippen LogP contribution in [0.3, 0.4) is 0 Å². The summed E-state index contributed by atoms with van der Waals surface area (Å²) >= 11 is 0. The fourth-order valence-corrected chi connectivity index (χ4v) is 3.06. The van der Waals surface area contributed by atoms with Crippen LogP contribution in [0.4, 0.5) is 0 Å². The molecule has 7 nitrogen and oxygen atoms in total. The Bertz CT molecular complexity index is 737. The van der Waals surface area contributed by atoms with Gasteiger partial charge in [-0.05, 0) is 53.7 Å². The zero-order chi connectivity index (χ0) is 15.1. The number of aromatic nitrogens is 2. The van der Waals surface area contributed by atoms with Crippen LogP contribution >= 0.6 is 0 Å². The van der Waals surface area contributed by atoms with Crippen LogP contribution in [-0.4, -0.2) is 34.2 Å². The Hall–Kier alpha value is -2.44. The molecule has 1 aliphatic carbocycles. The van der Waals surface area contributed by atoms with Crippen molar-refractivity contribution in [3.63, 3.8) is 0 Å². The molecule has 2 aliphatic rings. The van der Waals surface area contributed by atoms with Gasteiger partial charge in [-0.3, -0.25) is 9.59 Å². The molecule has 2 amide bonds. The number of carbonyl (C=O) groups is 2. The second-order valence-electron chi connectivity index (χ2n) is 6.02. The van der Waals surface area contributed by atoms with E-state index in [9.17, 15) is 9.59 Å². The van der Waals surface area contributed by atoms with Crippen LogP contribution in [0.15, 0.2) is 22.8 Å². The van der Waals surface area contributed by atoms with Crippen molar-refractivity contribution in [2.24, 2.45) is 5.92 Å². The number of hydrogen-bond acceptors (Lipinski definition) is 5. The van der Waals surface area contributed by atoms with Crippen LogP contribution in [0.2, 0.25) is 0 Å². The van der Waals surface area contributed by atoms with Crippen molar-refractivity contribution in [3.05, 3.63) is 23.8 Å². The third kappa shape index (κ3) is 2.43. The highest BCUT2D eigenvalue weighted by molar-refractivity contribution is 5.97. The maximum atomic E-state index is 12.4. The lowest BCUT2D eigenvalue weighted by Gasteiger charge is -2.33. The van der Waals surface area contributed by atoms with Crippen molar-refractivity contribution < 1.29 is 14.2 Å². The standard InChI is InChI=1S/C15H16N4O3/c20-13-6-5-11(14(17-13)8-1-2-8)16-15(21)9-3-4-10-12(7-9)19-22-18-10/h3-4,7-8,11,14H,1-2,5-6H2,(H,16,21)(H,17,20)/t11-,14+/m1/s1. The summed E-state index contributed by atoms with van der Waals surface area (Å²) < 4.78 is 4.64. The molecule has 1 saturated heterocycles. The quantitative estimate of drug-likeness (QED) is 0.881. The number of nitrogens with zero attached hydrogens (tertiary/aromatic N) is 2. The minimum absolute atomic E-state index is 0.0103. The van der Waals surface area contributed by atoms with Gasteiger partial charge in [0.2, 0.25) is 5.91 Å². The van der Waals surface area contributed by atoms with Gasteiger partial charge < -0.3 is 10.6 Å². The van der Waals surface area contributed by atoms with Gasteiger partial charge in [-0.15, -0.1) is 0 Å². The van der Waals surface area contributed by atoms with E-state index in [0.717, 1.165) is 12.8 Å². The summed E-state index contributed by atoms with van der Waals surface area (Å²) in [5.41, 5.74) is 1.70. The Labute approximate surface area is 126 Å². The van der Waals surface area contributed by atoms with E-state index >= 15 is 0 Å². The van der Waals surface area contributed by atoms with Gasteiger partial charge in [-0.25, -0.2) is 4.63 Å². The SMILES string of the molecule is O=C1CC[C@@H](NC(=O)c2ccc3nonc3c2)[C@H](C2CC2)N1. The molecular formula is C15H16N4O3. The average Bonchev–Trinajstić information content (AvgIpc) is 3.26. The average molecular weight is 300 g/mol. The molecule has 2 aromatic rings. The van der Waals surface area contributed by atoms with E-state index in [0.29, 0.717) is 35.4 Å². The maximum absolute atomic E-state index is 12.4. The zero-order valence-electron chi connectivity index (χ0n) is 11.9.